The molecule has 0 saturated heterocycles. The van der Waals surface area contributed by atoms with E-state index in [0.29, 0.717) is 0 Å². The average molecular weight is 667 g/mol. The largest absolute Gasteiger partial charge is 0.309 e. The molecule has 8 aromatic carbocycles. The van der Waals surface area contributed by atoms with Crippen molar-refractivity contribution in [1.82, 2.24) is 9.13 Å². The lowest BCUT2D eigenvalue weighted by Crippen LogP contribution is -1.94. The molecule has 51 heavy (non-hydrogen) atoms. The molecule has 3 heterocycles. The van der Waals surface area contributed by atoms with Crippen molar-refractivity contribution in [2.24, 2.45) is 0 Å². The molecular formula is C48H30N2S. The van der Waals surface area contributed by atoms with Gasteiger partial charge < -0.3 is 9.13 Å². The third kappa shape index (κ3) is 4.35. The van der Waals surface area contributed by atoms with Gasteiger partial charge in [0.2, 0.25) is 0 Å². The second-order valence-electron chi connectivity index (χ2n) is 13.4. The summed E-state index contributed by atoms with van der Waals surface area (Å²) in [6.07, 6.45) is 0. The summed E-state index contributed by atoms with van der Waals surface area (Å²) in [5.74, 6) is 0. The number of fused-ring (bicyclic) bond motifs is 9. The molecule has 0 unspecified atom stereocenters. The van der Waals surface area contributed by atoms with E-state index in [9.17, 15) is 0 Å². The lowest BCUT2D eigenvalue weighted by Gasteiger charge is -2.11. The highest BCUT2D eigenvalue weighted by molar-refractivity contribution is 7.25. The molecule has 3 aromatic heterocycles. The van der Waals surface area contributed by atoms with Crippen LogP contribution in [0.15, 0.2) is 182 Å². The summed E-state index contributed by atoms with van der Waals surface area (Å²) in [6.45, 7) is 0. The molecule has 0 aliphatic heterocycles. The number of hydrogen-bond acceptors (Lipinski definition) is 1. The Morgan fingerprint density at radius 3 is 1.02 bits per heavy atom. The van der Waals surface area contributed by atoms with E-state index in [2.05, 4.69) is 191 Å². The van der Waals surface area contributed by atoms with Gasteiger partial charge in [-0.3, -0.25) is 0 Å². The van der Waals surface area contributed by atoms with Crippen LogP contribution in [0.4, 0.5) is 0 Å². The van der Waals surface area contributed by atoms with Crippen molar-refractivity contribution in [3.8, 4) is 33.6 Å². The summed E-state index contributed by atoms with van der Waals surface area (Å²) in [7, 11) is 0. The van der Waals surface area contributed by atoms with Crippen LogP contribution in [-0.2, 0) is 0 Å². The van der Waals surface area contributed by atoms with Gasteiger partial charge in [0.1, 0.15) is 0 Å². The first-order chi connectivity index (χ1) is 25.3. The van der Waals surface area contributed by atoms with Crippen molar-refractivity contribution in [1.29, 1.82) is 0 Å². The van der Waals surface area contributed by atoms with Crippen molar-refractivity contribution in [3.05, 3.63) is 182 Å². The Labute approximate surface area is 298 Å². The van der Waals surface area contributed by atoms with E-state index in [1.165, 1.54) is 97.4 Å². The van der Waals surface area contributed by atoms with Gasteiger partial charge in [-0.1, -0.05) is 109 Å². The Bertz CT molecular complexity index is 2840. The third-order valence-corrected chi connectivity index (χ3v) is 11.7. The molecule has 0 bridgehead atoms. The van der Waals surface area contributed by atoms with E-state index in [4.69, 9.17) is 0 Å². The molecule has 0 spiro atoms. The van der Waals surface area contributed by atoms with E-state index in [0.717, 1.165) is 0 Å². The Morgan fingerprint density at radius 2 is 0.627 bits per heavy atom. The predicted octanol–water partition coefficient (Wildman–Crippen LogP) is 13.6. The number of rotatable bonds is 4. The van der Waals surface area contributed by atoms with Crippen molar-refractivity contribution in [2.45, 2.75) is 0 Å². The van der Waals surface area contributed by atoms with Crippen molar-refractivity contribution in [2.75, 3.05) is 0 Å². The number of hydrogen-bond donors (Lipinski definition) is 0. The molecule has 2 nitrogen and oxygen atoms in total. The van der Waals surface area contributed by atoms with Gasteiger partial charge in [-0.15, -0.1) is 11.3 Å². The number of thiophene rings is 1. The number of aromatic nitrogens is 2. The van der Waals surface area contributed by atoms with Gasteiger partial charge in [-0.2, -0.15) is 0 Å². The van der Waals surface area contributed by atoms with Crippen LogP contribution in [0.5, 0.6) is 0 Å². The van der Waals surface area contributed by atoms with Crippen LogP contribution in [0, 0.1) is 0 Å². The zero-order chi connectivity index (χ0) is 33.5. The molecule has 0 N–H and O–H groups in total. The maximum atomic E-state index is 2.40. The summed E-state index contributed by atoms with van der Waals surface area (Å²) in [6, 6.07) is 66.7. The molecule has 0 amide bonds. The van der Waals surface area contributed by atoms with E-state index >= 15 is 0 Å². The minimum atomic E-state index is 1.17. The van der Waals surface area contributed by atoms with Gasteiger partial charge in [0, 0.05) is 53.1 Å². The van der Waals surface area contributed by atoms with E-state index in [1.807, 2.05) is 11.3 Å². The highest BCUT2D eigenvalue weighted by Crippen LogP contribution is 2.40. The van der Waals surface area contributed by atoms with Crippen LogP contribution in [0.1, 0.15) is 0 Å². The third-order valence-electron chi connectivity index (χ3n) is 10.5. The van der Waals surface area contributed by atoms with Gasteiger partial charge >= 0.3 is 0 Å². The van der Waals surface area contributed by atoms with Crippen LogP contribution < -0.4 is 0 Å². The van der Waals surface area contributed by atoms with Crippen LogP contribution in [-0.4, -0.2) is 9.13 Å². The van der Waals surface area contributed by atoms with Crippen LogP contribution in [0.3, 0.4) is 0 Å². The highest BCUT2D eigenvalue weighted by atomic mass is 32.1. The quantitative estimate of drug-likeness (QED) is 0.177. The van der Waals surface area contributed by atoms with E-state index in [-0.39, 0.29) is 0 Å². The Balaban J connectivity index is 1.02. The molecule has 0 aliphatic carbocycles. The lowest BCUT2D eigenvalue weighted by molar-refractivity contribution is 1.18. The zero-order valence-electron chi connectivity index (χ0n) is 27.6. The topological polar surface area (TPSA) is 9.86 Å². The molecule has 11 rings (SSSR count). The molecule has 0 fully saturated rings. The molecule has 0 radical (unpaired) electrons. The van der Waals surface area contributed by atoms with Crippen molar-refractivity contribution < 1.29 is 0 Å². The first-order valence-electron chi connectivity index (χ1n) is 17.4. The molecular weight excluding hydrogens is 637 g/mol. The maximum Gasteiger partial charge on any atom is 0.0541 e. The van der Waals surface area contributed by atoms with Gasteiger partial charge in [0.15, 0.2) is 0 Å². The van der Waals surface area contributed by atoms with Gasteiger partial charge in [0.05, 0.1) is 22.1 Å². The lowest BCUT2D eigenvalue weighted by atomic mass is 9.99. The molecule has 11 aromatic rings. The number of benzene rings is 8. The number of nitrogens with zero attached hydrogens (tertiary/aromatic N) is 2. The number of para-hydroxylation sites is 4. The molecule has 0 atom stereocenters. The normalized spacial score (nSPS) is 11.9. The van der Waals surface area contributed by atoms with Crippen molar-refractivity contribution in [3.63, 3.8) is 0 Å². The fraction of sp³-hybridized carbons (Fsp3) is 0. The molecule has 238 valence electrons. The smallest absolute Gasteiger partial charge is 0.0541 e. The fourth-order valence-electron chi connectivity index (χ4n) is 8.19. The second kappa shape index (κ2) is 11.0. The monoisotopic (exact) mass is 666 g/mol. The summed E-state index contributed by atoms with van der Waals surface area (Å²) >= 11 is 1.87. The first kappa shape index (κ1) is 28.4. The van der Waals surface area contributed by atoms with Crippen LogP contribution in [0.25, 0.3) is 97.4 Å². The van der Waals surface area contributed by atoms with Gasteiger partial charge in [-0.05, 0) is 95.1 Å². The zero-order valence-corrected chi connectivity index (χ0v) is 28.4. The summed E-state index contributed by atoms with van der Waals surface area (Å²) in [4.78, 5) is 0. The minimum Gasteiger partial charge on any atom is -0.309 e. The van der Waals surface area contributed by atoms with Crippen molar-refractivity contribution >= 4 is 75.1 Å². The summed E-state index contributed by atoms with van der Waals surface area (Å²) in [5, 5.41) is 7.72. The van der Waals surface area contributed by atoms with E-state index in [1.54, 1.807) is 0 Å². The average Bonchev–Trinajstić information content (AvgIpc) is 3.85. The first-order valence-corrected chi connectivity index (χ1v) is 18.2. The molecule has 0 aliphatic rings. The summed E-state index contributed by atoms with van der Waals surface area (Å²) < 4.78 is 7.41. The molecule has 3 heteroatoms. The Hall–Kier alpha value is -6.42. The second-order valence-corrected chi connectivity index (χ2v) is 14.4. The fourth-order valence-corrected chi connectivity index (χ4v) is 9.25. The standard InChI is InChI=1S/C48H30N2S/c1-5-19-43-37(15-1)38-16-2-6-20-44(38)49(43)35-13-9-11-31(27-35)33-23-25-47-41(29-33)42-30-34(24-26-48(42)51-47)32-12-10-14-36(28-32)50-45-21-7-3-17-39(45)40-18-4-8-22-46(40)50/h1-30H. The van der Waals surface area contributed by atoms with Gasteiger partial charge in [0.25, 0.3) is 0 Å². The van der Waals surface area contributed by atoms with E-state index < -0.39 is 0 Å². The Morgan fingerprint density at radius 1 is 0.275 bits per heavy atom. The predicted molar refractivity (Wildman–Crippen MR) is 219 cm³/mol. The van der Waals surface area contributed by atoms with Gasteiger partial charge in [-0.25, -0.2) is 0 Å². The van der Waals surface area contributed by atoms with Crippen LogP contribution in [0.2, 0.25) is 0 Å². The maximum absolute atomic E-state index is 2.40. The highest BCUT2D eigenvalue weighted by Gasteiger charge is 2.15. The minimum absolute atomic E-state index is 1.17. The molecule has 0 saturated carbocycles. The van der Waals surface area contributed by atoms with Crippen LogP contribution >= 0.6 is 11.3 Å². The summed E-state index contributed by atoms with van der Waals surface area (Å²) in [5.41, 5.74) is 12.1. The SMILES string of the molecule is c1cc(-c2ccc3sc4ccc(-c5cccc(-n6c7ccccc7c7ccccc76)c5)cc4c3c2)cc(-n2c3ccccc3c3ccccc32)c1. The Kier molecular flexibility index (Phi) is 6.16.